The molecule has 0 aliphatic carbocycles. The SMILES string of the molecule is CCCCCCCC(=O)OCC1COP(=O)(O)C1. The normalized spacial score (nSPS) is 27.3. The molecule has 0 aromatic heterocycles. The number of rotatable bonds is 8. The van der Waals surface area contributed by atoms with E-state index in [1.807, 2.05) is 0 Å². The number of ether oxygens (including phenoxy) is 1. The van der Waals surface area contributed by atoms with Crippen LogP contribution in [0.5, 0.6) is 0 Å². The summed E-state index contributed by atoms with van der Waals surface area (Å²) in [4.78, 5) is 20.5. The van der Waals surface area contributed by atoms with Gasteiger partial charge in [-0.25, -0.2) is 0 Å². The van der Waals surface area contributed by atoms with Gasteiger partial charge in [-0.15, -0.1) is 0 Å². The van der Waals surface area contributed by atoms with E-state index in [4.69, 9.17) is 14.2 Å². The van der Waals surface area contributed by atoms with Crippen molar-refractivity contribution in [1.82, 2.24) is 0 Å². The van der Waals surface area contributed by atoms with Gasteiger partial charge in [0, 0.05) is 12.3 Å². The number of esters is 1. The first-order valence-electron chi connectivity index (χ1n) is 6.65. The molecule has 1 rings (SSSR count). The van der Waals surface area contributed by atoms with Crippen LogP contribution in [0.3, 0.4) is 0 Å². The summed E-state index contributed by atoms with van der Waals surface area (Å²) in [6.45, 7) is 2.55. The van der Waals surface area contributed by atoms with E-state index in [0.717, 1.165) is 19.3 Å². The second kappa shape index (κ2) is 7.93. The van der Waals surface area contributed by atoms with Gasteiger partial charge >= 0.3 is 13.6 Å². The standard InChI is InChI=1S/C12H23O5P/c1-2-3-4-5-6-7-12(13)16-8-11-9-17-18(14,15)10-11/h11H,2-10H2,1H3,(H,14,15). The first-order chi connectivity index (χ1) is 8.53. The van der Waals surface area contributed by atoms with Gasteiger partial charge in [0.1, 0.15) is 0 Å². The van der Waals surface area contributed by atoms with Gasteiger partial charge in [-0.2, -0.15) is 0 Å². The van der Waals surface area contributed by atoms with E-state index in [9.17, 15) is 9.36 Å². The smallest absolute Gasteiger partial charge is 0.328 e. The highest BCUT2D eigenvalue weighted by molar-refractivity contribution is 7.53. The second-order valence-electron chi connectivity index (χ2n) is 4.83. The van der Waals surface area contributed by atoms with Crippen LogP contribution in [0.15, 0.2) is 0 Å². The van der Waals surface area contributed by atoms with Crippen molar-refractivity contribution in [3.05, 3.63) is 0 Å². The lowest BCUT2D eigenvalue weighted by Gasteiger charge is -2.08. The molecule has 1 fully saturated rings. The van der Waals surface area contributed by atoms with E-state index in [1.54, 1.807) is 0 Å². The Kier molecular flexibility index (Phi) is 6.90. The lowest BCUT2D eigenvalue weighted by Crippen LogP contribution is -2.16. The summed E-state index contributed by atoms with van der Waals surface area (Å²) in [6.07, 6.45) is 6.01. The van der Waals surface area contributed by atoms with Crippen molar-refractivity contribution < 1.29 is 23.5 Å². The van der Waals surface area contributed by atoms with Crippen LogP contribution in [0, 0.1) is 5.92 Å². The quantitative estimate of drug-likeness (QED) is 0.420. The van der Waals surface area contributed by atoms with Gasteiger partial charge in [0.25, 0.3) is 0 Å². The number of carbonyl (C=O) groups is 1. The molecule has 1 N–H and O–H groups in total. The Bertz CT molecular complexity index is 305. The topological polar surface area (TPSA) is 72.8 Å². The Morgan fingerprint density at radius 2 is 2.11 bits per heavy atom. The molecule has 5 nitrogen and oxygen atoms in total. The fraction of sp³-hybridized carbons (Fsp3) is 0.917. The first kappa shape index (κ1) is 15.7. The molecule has 0 bridgehead atoms. The predicted molar refractivity (Wildman–Crippen MR) is 68.5 cm³/mol. The maximum atomic E-state index is 11.4. The molecule has 2 unspecified atom stereocenters. The predicted octanol–water partition coefficient (Wildman–Crippen LogP) is 2.72. The minimum atomic E-state index is -3.38. The number of hydrogen-bond acceptors (Lipinski definition) is 4. The van der Waals surface area contributed by atoms with E-state index in [1.165, 1.54) is 12.8 Å². The molecule has 0 saturated carbocycles. The Balaban J connectivity index is 2.02. The molecular formula is C12H23O5P. The van der Waals surface area contributed by atoms with E-state index in [2.05, 4.69) is 6.92 Å². The van der Waals surface area contributed by atoms with Crippen LogP contribution >= 0.6 is 7.60 Å². The Morgan fingerprint density at radius 3 is 2.72 bits per heavy atom. The molecule has 1 heterocycles. The lowest BCUT2D eigenvalue weighted by atomic mass is 10.1. The fourth-order valence-corrected chi connectivity index (χ4v) is 3.32. The highest BCUT2D eigenvalue weighted by Gasteiger charge is 2.34. The van der Waals surface area contributed by atoms with Crippen LogP contribution in [-0.4, -0.2) is 30.2 Å². The number of unbranched alkanes of at least 4 members (excludes halogenated alkanes) is 4. The third kappa shape index (κ3) is 6.53. The van der Waals surface area contributed by atoms with E-state index < -0.39 is 7.60 Å². The second-order valence-corrected chi connectivity index (χ2v) is 6.73. The van der Waals surface area contributed by atoms with Gasteiger partial charge in [-0.3, -0.25) is 9.36 Å². The van der Waals surface area contributed by atoms with Gasteiger partial charge in [-0.1, -0.05) is 32.6 Å². The summed E-state index contributed by atoms with van der Waals surface area (Å²) in [5, 5.41) is 0. The Morgan fingerprint density at radius 1 is 1.39 bits per heavy atom. The van der Waals surface area contributed by atoms with E-state index in [0.29, 0.717) is 6.42 Å². The highest BCUT2D eigenvalue weighted by atomic mass is 31.2. The van der Waals surface area contributed by atoms with Gasteiger partial charge in [0.05, 0.1) is 19.4 Å². The summed E-state index contributed by atoms with van der Waals surface area (Å²) in [7, 11) is -3.38. The zero-order chi connectivity index (χ0) is 13.4. The summed E-state index contributed by atoms with van der Waals surface area (Å²) >= 11 is 0. The zero-order valence-electron chi connectivity index (χ0n) is 11.0. The monoisotopic (exact) mass is 278 g/mol. The average molecular weight is 278 g/mol. The molecule has 1 aliphatic heterocycles. The molecule has 1 saturated heterocycles. The summed E-state index contributed by atoms with van der Waals surface area (Å²) in [5.41, 5.74) is 0. The molecule has 106 valence electrons. The minimum absolute atomic E-state index is 0.0940. The minimum Gasteiger partial charge on any atom is -0.465 e. The van der Waals surface area contributed by atoms with Crippen LogP contribution in [-0.2, 0) is 18.6 Å². The Hall–Kier alpha value is -0.380. The van der Waals surface area contributed by atoms with Crippen molar-refractivity contribution in [2.45, 2.75) is 45.4 Å². The summed E-state index contributed by atoms with van der Waals surface area (Å²) in [5.74, 6) is -0.351. The van der Waals surface area contributed by atoms with Gasteiger partial charge in [0.15, 0.2) is 0 Å². The zero-order valence-corrected chi connectivity index (χ0v) is 11.9. The van der Waals surface area contributed by atoms with Gasteiger partial charge in [-0.05, 0) is 6.42 Å². The summed E-state index contributed by atoms with van der Waals surface area (Å²) in [6, 6.07) is 0. The molecule has 18 heavy (non-hydrogen) atoms. The van der Waals surface area contributed by atoms with Crippen molar-refractivity contribution in [2.75, 3.05) is 19.4 Å². The molecule has 0 amide bonds. The van der Waals surface area contributed by atoms with Crippen molar-refractivity contribution >= 4 is 13.6 Å². The molecule has 0 aromatic rings. The van der Waals surface area contributed by atoms with Gasteiger partial charge < -0.3 is 14.2 Å². The lowest BCUT2D eigenvalue weighted by molar-refractivity contribution is -0.145. The first-order valence-corrected chi connectivity index (χ1v) is 8.42. The van der Waals surface area contributed by atoms with Crippen molar-refractivity contribution in [3.63, 3.8) is 0 Å². The largest absolute Gasteiger partial charge is 0.465 e. The Labute approximate surface area is 108 Å². The fourth-order valence-electron chi connectivity index (χ4n) is 1.91. The van der Waals surface area contributed by atoms with E-state index >= 15 is 0 Å². The molecule has 0 spiro atoms. The van der Waals surface area contributed by atoms with Crippen LogP contribution < -0.4 is 0 Å². The molecule has 2 atom stereocenters. The van der Waals surface area contributed by atoms with Crippen molar-refractivity contribution in [1.29, 1.82) is 0 Å². The van der Waals surface area contributed by atoms with Crippen LogP contribution in [0.25, 0.3) is 0 Å². The molecule has 0 radical (unpaired) electrons. The number of carbonyl (C=O) groups excluding carboxylic acids is 1. The van der Waals surface area contributed by atoms with Crippen molar-refractivity contribution in [3.8, 4) is 0 Å². The molecule has 6 heteroatoms. The van der Waals surface area contributed by atoms with Crippen LogP contribution in [0.1, 0.15) is 45.4 Å². The van der Waals surface area contributed by atoms with Crippen LogP contribution in [0.2, 0.25) is 0 Å². The van der Waals surface area contributed by atoms with Crippen molar-refractivity contribution in [2.24, 2.45) is 5.92 Å². The maximum Gasteiger partial charge on any atom is 0.328 e. The van der Waals surface area contributed by atoms with Crippen LogP contribution in [0.4, 0.5) is 0 Å². The summed E-state index contributed by atoms with van der Waals surface area (Å²) < 4.78 is 20.9. The van der Waals surface area contributed by atoms with Gasteiger partial charge in [0.2, 0.25) is 0 Å². The third-order valence-electron chi connectivity index (χ3n) is 2.97. The molecular weight excluding hydrogens is 255 g/mol. The van der Waals surface area contributed by atoms with E-state index in [-0.39, 0.29) is 31.3 Å². The molecule has 0 aromatic carbocycles. The number of hydrogen-bond donors (Lipinski definition) is 1. The average Bonchev–Trinajstić information content (AvgIpc) is 2.66. The highest BCUT2D eigenvalue weighted by Crippen LogP contribution is 2.49. The molecule has 1 aliphatic rings. The third-order valence-corrected chi connectivity index (χ3v) is 4.50. The maximum absolute atomic E-state index is 11.4.